The molecular weight excluding hydrogens is 188 g/mol. The SMILES string of the molecule is CC(C)n1cc(NC2CCN(C)C2)cn1. The Morgan fingerprint density at radius 3 is 2.87 bits per heavy atom. The van der Waals surface area contributed by atoms with Gasteiger partial charge in [0.15, 0.2) is 0 Å². The molecule has 2 rings (SSSR count). The van der Waals surface area contributed by atoms with Gasteiger partial charge >= 0.3 is 0 Å². The summed E-state index contributed by atoms with van der Waals surface area (Å²) in [5.74, 6) is 0. The van der Waals surface area contributed by atoms with Crippen molar-refractivity contribution in [3.63, 3.8) is 0 Å². The zero-order valence-electron chi connectivity index (χ0n) is 9.77. The standard InChI is InChI=1S/C11H20N4/c1-9(2)15-8-11(6-12-15)13-10-4-5-14(3)7-10/h6,8-10,13H,4-5,7H2,1-3H3. The highest BCUT2D eigenvalue weighted by molar-refractivity contribution is 5.39. The van der Waals surface area contributed by atoms with Gasteiger partial charge in [0, 0.05) is 24.8 Å². The highest BCUT2D eigenvalue weighted by Gasteiger charge is 2.19. The summed E-state index contributed by atoms with van der Waals surface area (Å²) in [5.41, 5.74) is 1.14. The Bertz CT molecular complexity index is 318. The van der Waals surface area contributed by atoms with Gasteiger partial charge in [-0.2, -0.15) is 5.10 Å². The summed E-state index contributed by atoms with van der Waals surface area (Å²) in [6, 6.07) is 1.02. The molecule has 0 aromatic carbocycles. The molecule has 0 spiro atoms. The maximum atomic E-state index is 4.32. The summed E-state index contributed by atoms with van der Waals surface area (Å²) in [6.07, 6.45) is 5.23. The topological polar surface area (TPSA) is 33.1 Å². The second-order valence-corrected chi connectivity index (χ2v) is 4.69. The number of likely N-dealkylation sites (N-methyl/N-ethyl adjacent to an activating group) is 1. The first-order valence-electron chi connectivity index (χ1n) is 5.64. The molecule has 84 valence electrons. The maximum absolute atomic E-state index is 4.32. The second kappa shape index (κ2) is 4.23. The number of nitrogens with zero attached hydrogens (tertiary/aromatic N) is 3. The minimum Gasteiger partial charge on any atom is -0.378 e. The van der Waals surface area contributed by atoms with Crippen LogP contribution >= 0.6 is 0 Å². The van der Waals surface area contributed by atoms with Gasteiger partial charge in [0.25, 0.3) is 0 Å². The molecule has 0 saturated carbocycles. The molecule has 1 atom stereocenters. The van der Waals surface area contributed by atoms with E-state index in [-0.39, 0.29) is 0 Å². The molecule has 4 nitrogen and oxygen atoms in total. The van der Waals surface area contributed by atoms with Crippen molar-refractivity contribution in [2.24, 2.45) is 0 Å². The van der Waals surface area contributed by atoms with Crippen molar-refractivity contribution in [3.05, 3.63) is 12.4 Å². The number of anilines is 1. The van der Waals surface area contributed by atoms with E-state index in [1.807, 2.05) is 10.9 Å². The van der Waals surface area contributed by atoms with Crippen molar-refractivity contribution in [2.45, 2.75) is 32.4 Å². The average molecular weight is 208 g/mol. The molecule has 1 aliphatic heterocycles. The third-order valence-electron chi connectivity index (χ3n) is 2.89. The predicted molar refractivity (Wildman–Crippen MR) is 62.1 cm³/mol. The van der Waals surface area contributed by atoms with Crippen LogP contribution in [0, 0.1) is 0 Å². The fourth-order valence-electron chi connectivity index (χ4n) is 1.98. The number of rotatable bonds is 3. The highest BCUT2D eigenvalue weighted by atomic mass is 15.3. The van der Waals surface area contributed by atoms with Crippen LogP contribution < -0.4 is 5.32 Å². The summed E-state index contributed by atoms with van der Waals surface area (Å²) in [7, 11) is 2.17. The molecule has 1 N–H and O–H groups in total. The van der Waals surface area contributed by atoms with E-state index in [1.165, 1.54) is 13.0 Å². The zero-order chi connectivity index (χ0) is 10.8. The Labute approximate surface area is 91.3 Å². The van der Waals surface area contributed by atoms with Crippen LogP contribution in [-0.2, 0) is 0 Å². The summed E-state index contributed by atoms with van der Waals surface area (Å²) < 4.78 is 1.99. The number of aromatic nitrogens is 2. The first-order valence-corrected chi connectivity index (χ1v) is 5.64. The van der Waals surface area contributed by atoms with Crippen molar-refractivity contribution < 1.29 is 0 Å². The van der Waals surface area contributed by atoms with Gasteiger partial charge in [0.1, 0.15) is 0 Å². The average Bonchev–Trinajstić information content (AvgIpc) is 2.76. The van der Waals surface area contributed by atoms with Gasteiger partial charge < -0.3 is 10.2 Å². The lowest BCUT2D eigenvalue weighted by Crippen LogP contribution is -2.23. The quantitative estimate of drug-likeness (QED) is 0.818. The molecule has 1 saturated heterocycles. The Kier molecular flexibility index (Phi) is 2.95. The minimum atomic E-state index is 0.437. The maximum Gasteiger partial charge on any atom is 0.0729 e. The van der Waals surface area contributed by atoms with Crippen molar-refractivity contribution in [1.82, 2.24) is 14.7 Å². The largest absolute Gasteiger partial charge is 0.378 e. The monoisotopic (exact) mass is 208 g/mol. The smallest absolute Gasteiger partial charge is 0.0729 e. The van der Waals surface area contributed by atoms with E-state index < -0.39 is 0 Å². The number of likely N-dealkylation sites (tertiary alicyclic amines) is 1. The fraction of sp³-hybridized carbons (Fsp3) is 0.727. The Hall–Kier alpha value is -1.03. The Morgan fingerprint density at radius 2 is 2.33 bits per heavy atom. The lowest BCUT2D eigenvalue weighted by Gasteiger charge is -2.12. The van der Waals surface area contributed by atoms with E-state index in [4.69, 9.17) is 0 Å². The van der Waals surface area contributed by atoms with Crippen molar-refractivity contribution in [3.8, 4) is 0 Å². The molecule has 4 heteroatoms. The fourth-order valence-corrected chi connectivity index (χ4v) is 1.98. The summed E-state index contributed by atoms with van der Waals surface area (Å²) in [4.78, 5) is 2.35. The van der Waals surface area contributed by atoms with Gasteiger partial charge in [-0.05, 0) is 33.9 Å². The summed E-state index contributed by atoms with van der Waals surface area (Å²) in [6.45, 7) is 6.60. The summed E-state index contributed by atoms with van der Waals surface area (Å²) >= 11 is 0. The Morgan fingerprint density at radius 1 is 1.53 bits per heavy atom. The lowest BCUT2D eigenvalue weighted by atomic mass is 10.2. The van der Waals surface area contributed by atoms with Crippen LogP contribution in [0.15, 0.2) is 12.4 Å². The van der Waals surface area contributed by atoms with Crippen LogP contribution in [-0.4, -0.2) is 40.9 Å². The zero-order valence-corrected chi connectivity index (χ0v) is 9.77. The van der Waals surface area contributed by atoms with Crippen molar-refractivity contribution >= 4 is 5.69 Å². The van der Waals surface area contributed by atoms with Crippen LogP contribution in [0.25, 0.3) is 0 Å². The van der Waals surface area contributed by atoms with Gasteiger partial charge in [-0.15, -0.1) is 0 Å². The molecule has 0 aliphatic carbocycles. The minimum absolute atomic E-state index is 0.437. The van der Waals surface area contributed by atoms with Crippen LogP contribution in [0.3, 0.4) is 0 Å². The van der Waals surface area contributed by atoms with Crippen LogP contribution in [0.5, 0.6) is 0 Å². The molecule has 0 radical (unpaired) electrons. The molecule has 1 aromatic rings. The predicted octanol–water partition coefficient (Wildman–Crippen LogP) is 1.58. The van der Waals surface area contributed by atoms with Crippen LogP contribution in [0.4, 0.5) is 5.69 Å². The second-order valence-electron chi connectivity index (χ2n) is 4.69. The molecule has 1 aliphatic rings. The number of nitrogens with one attached hydrogen (secondary N) is 1. The number of hydrogen-bond donors (Lipinski definition) is 1. The van der Waals surface area contributed by atoms with Crippen molar-refractivity contribution in [2.75, 3.05) is 25.5 Å². The van der Waals surface area contributed by atoms with Gasteiger partial charge in [-0.25, -0.2) is 0 Å². The van der Waals surface area contributed by atoms with E-state index in [0.717, 1.165) is 12.2 Å². The normalized spacial score (nSPS) is 22.5. The Balaban J connectivity index is 1.93. The molecular formula is C11H20N4. The molecule has 15 heavy (non-hydrogen) atoms. The molecule has 1 fully saturated rings. The number of hydrogen-bond acceptors (Lipinski definition) is 3. The van der Waals surface area contributed by atoms with Gasteiger partial charge in [-0.1, -0.05) is 0 Å². The lowest BCUT2D eigenvalue weighted by molar-refractivity contribution is 0.414. The van der Waals surface area contributed by atoms with E-state index in [0.29, 0.717) is 12.1 Å². The highest BCUT2D eigenvalue weighted by Crippen LogP contribution is 2.15. The first kappa shape index (κ1) is 10.5. The van der Waals surface area contributed by atoms with Gasteiger partial charge in [0.2, 0.25) is 0 Å². The van der Waals surface area contributed by atoms with Crippen LogP contribution in [0.2, 0.25) is 0 Å². The molecule has 1 unspecified atom stereocenters. The van der Waals surface area contributed by atoms with E-state index in [1.54, 1.807) is 0 Å². The third kappa shape index (κ3) is 2.50. The van der Waals surface area contributed by atoms with Gasteiger partial charge in [0.05, 0.1) is 11.9 Å². The molecule has 0 bridgehead atoms. The third-order valence-corrected chi connectivity index (χ3v) is 2.89. The summed E-state index contributed by atoms with van der Waals surface area (Å²) in [5, 5.41) is 7.84. The molecule has 0 amide bonds. The first-order chi connectivity index (χ1) is 7.15. The molecule has 1 aromatic heterocycles. The van der Waals surface area contributed by atoms with E-state index in [9.17, 15) is 0 Å². The molecule has 2 heterocycles. The van der Waals surface area contributed by atoms with E-state index >= 15 is 0 Å². The van der Waals surface area contributed by atoms with Crippen LogP contribution in [0.1, 0.15) is 26.3 Å². The van der Waals surface area contributed by atoms with Crippen molar-refractivity contribution in [1.29, 1.82) is 0 Å². The van der Waals surface area contributed by atoms with E-state index in [2.05, 4.69) is 42.4 Å². The van der Waals surface area contributed by atoms with Gasteiger partial charge in [-0.3, -0.25) is 4.68 Å².